The van der Waals surface area contributed by atoms with E-state index in [0.717, 1.165) is 11.1 Å². The predicted molar refractivity (Wildman–Crippen MR) is 194 cm³/mol. The zero-order valence-corrected chi connectivity index (χ0v) is 30.5. The topological polar surface area (TPSA) is 173 Å². The van der Waals surface area contributed by atoms with E-state index in [9.17, 15) is 13.2 Å². The Morgan fingerprint density at radius 3 is 2.13 bits per heavy atom. The van der Waals surface area contributed by atoms with Crippen molar-refractivity contribution in [2.45, 2.75) is 44.0 Å². The molecular weight excluding hydrogens is 689 g/mol. The molecule has 15 heteroatoms. The number of aromatic nitrogens is 4. The number of carbonyl (C=O) groups excluding carboxylic acids is 1. The van der Waals surface area contributed by atoms with Gasteiger partial charge >= 0.3 is 0 Å². The van der Waals surface area contributed by atoms with Gasteiger partial charge in [0.15, 0.2) is 23.1 Å². The average Bonchev–Trinajstić information content (AvgIpc) is 3.15. The molecule has 0 radical (unpaired) electrons. The summed E-state index contributed by atoms with van der Waals surface area (Å²) in [6.45, 7) is 6.13. The molecule has 0 spiro atoms. The van der Waals surface area contributed by atoms with Gasteiger partial charge in [0.25, 0.3) is 15.9 Å². The van der Waals surface area contributed by atoms with E-state index in [2.05, 4.69) is 30.0 Å². The molecular formula is C37H40N6O8S. The molecule has 52 heavy (non-hydrogen) atoms. The second-order valence-electron chi connectivity index (χ2n) is 12.3. The van der Waals surface area contributed by atoms with Gasteiger partial charge in [0.2, 0.25) is 17.5 Å². The zero-order valence-electron chi connectivity index (χ0n) is 29.7. The van der Waals surface area contributed by atoms with Crippen molar-refractivity contribution in [2.75, 3.05) is 32.7 Å². The van der Waals surface area contributed by atoms with E-state index in [0.29, 0.717) is 17.2 Å². The van der Waals surface area contributed by atoms with E-state index in [1.54, 1.807) is 67.8 Å². The van der Waals surface area contributed by atoms with Crippen LogP contribution in [0.1, 0.15) is 38.3 Å². The molecule has 0 aliphatic heterocycles. The Hall–Kier alpha value is -5.96. The normalized spacial score (nSPS) is 11.3. The molecule has 272 valence electrons. The number of amides is 1. The van der Waals surface area contributed by atoms with Crippen molar-refractivity contribution in [3.63, 3.8) is 0 Å². The quantitative estimate of drug-likeness (QED) is 0.130. The Morgan fingerprint density at radius 2 is 1.48 bits per heavy atom. The smallest absolute Gasteiger partial charge is 0.263 e. The van der Waals surface area contributed by atoms with Crippen molar-refractivity contribution < 1.29 is 36.9 Å². The lowest BCUT2D eigenvalue weighted by Gasteiger charge is -2.20. The third-order valence-electron chi connectivity index (χ3n) is 7.68. The van der Waals surface area contributed by atoms with Crippen LogP contribution in [0.25, 0.3) is 11.6 Å². The van der Waals surface area contributed by atoms with Crippen LogP contribution in [0.3, 0.4) is 0 Å². The lowest BCUT2D eigenvalue weighted by atomic mass is 9.87. The first-order chi connectivity index (χ1) is 24.9. The number of carbonyl (C=O) groups is 1. The number of nitrogens with one attached hydrogen (secondary N) is 2. The molecule has 0 fully saturated rings. The molecule has 0 aliphatic rings. The Bertz CT molecular complexity index is 2110. The number of hydrogen-bond donors (Lipinski definition) is 2. The predicted octanol–water partition coefficient (Wildman–Crippen LogP) is 5.94. The largest absolute Gasteiger partial charge is 0.497 e. The Balaban J connectivity index is 1.48. The highest BCUT2D eigenvalue weighted by molar-refractivity contribution is 7.92. The average molecular weight is 729 g/mol. The standard InChI is InChI=1S/C37H40N6O8S/c1-37(2,3)25-13-16-27(17-14-25)52(45,46)43-33-32(51-29-11-8-7-10-28(29)48-5)36(42-35(41-33)34-38-19-9-20-39-34)50-21-18-31(44)40-23-24-12-15-26(47-4)22-30(24)49-6/h7-17,19-20,22H,18,21,23H2,1-6H3,(H,40,44)(H,41,42,43). The summed E-state index contributed by atoms with van der Waals surface area (Å²) in [5.74, 6) is 0.864. The van der Waals surface area contributed by atoms with Crippen LogP contribution >= 0.6 is 0 Å². The maximum absolute atomic E-state index is 13.8. The van der Waals surface area contributed by atoms with Gasteiger partial charge in [-0.15, -0.1) is 0 Å². The minimum atomic E-state index is -4.23. The summed E-state index contributed by atoms with van der Waals surface area (Å²) in [5, 5.41) is 2.85. The molecule has 2 N–H and O–H groups in total. The van der Waals surface area contributed by atoms with Crippen LogP contribution in [-0.2, 0) is 26.8 Å². The van der Waals surface area contributed by atoms with Gasteiger partial charge in [-0.3, -0.25) is 9.52 Å². The second kappa shape index (κ2) is 16.4. The molecule has 3 aromatic carbocycles. The number of para-hydroxylation sites is 2. The monoisotopic (exact) mass is 728 g/mol. The molecule has 2 heterocycles. The lowest BCUT2D eigenvalue weighted by Crippen LogP contribution is -2.25. The molecule has 0 atom stereocenters. The molecule has 14 nitrogen and oxygen atoms in total. The highest BCUT2D eigenvalue weighted by atomic mass is 32.2. The lowest BCUT2D eigenvalue weighted by molar-refractivity contribution is -0.121. The Labute approximate surface area is 302 Å². The van der Waals surface area contributed by atoms with Crippen LogP contribution in [-0.4, -0.2) is 62.2 Å². The van der Waals surface area contributed by atoms with Gasteiger partial charge in [0.1, 0.15) is 11.5 Å². The molecule has 0 saturated heterocycles. The maximum Gasteiger partial charge on any atom is 0.263 e. The zero-order chi connectivity index (χ0) is 37.3. The number of anilines is 1. The fourth-order valence-corrected chi connectivity index (χ4v) is 5.86. The van der Waals surface area contributed by atoms with Crippen molar-refractivity contribution in [2.24, 2.45) is 0 Å². The third-order valence-corrected chi connectivity index (χ3v) is 9.04. The summed E-state index contributed by atoms with van der Waals surface area (Å²) in [5.41, 5.74) is 1.52. The van der Waals surface area contributed by atoms with Gasteiger partial charge in [-0.1, -0.05) is 45.0 Å². The van der Waals surface area contributed by atoms with Gasteiger partial charge in [-0.2, -0.15) is 4.98 Å². The van der Waals surface area contributed by atoms with Gasteiger partial charge in [0, 0.05) is 30.6 Å². The van der Waals surface area contributed by atoms with Gasteiger partial charge < -0.3 is 29.0 Å². The number of hydrogen-bond acceptors (Lipinski definition) is 12. The molecule has 0 saturated carbocycles. The Morgan fingerprint density at radius 1 is 0.788 bits per heavy atom. The Kier molecular flexibility index (Phi) is 11.7. The highest BCUT2D eigenvalue weighted by Gasteiger charge is 2.27. The van der Waals surface area contributed by atoms with E-state index in [-0.39, 0.29) is 70.6 Å². The van der Waals surface area contributed by atoms with Gasteiger partial charge in [-0.25, -0.2) is 23.4 Å². The van der Waals surface area contributed by atoms with Crippen LogP contribution in [0.15, 0.2) is 90.1 Å². The summed E-state index contributed by atoms with van der Waals surface area (Å²) < 4.78 is 58.6. The van der Waals surface area contributed by atoms with Crippen molar-refractivity contribution in [3.8, 4) is 46.3 Å². The van der Waals surface area contributed by atoms with Gasteiger partial charge in [0.05, 0.1) is 39.3 Å². The number of rotatable bonds is 15. The number of sulfonamides is 1. The van der Waals surface area contributed by atoms with E-state index < -0.39 is 10.0 Å². The molecule has 1 amide bonds. The van der Waals surface area contributed by atoms with Crippen LogP contribution in [0.4, 0.5) is 5.82 Å². The first kappa shape index (κ1) is 37.3. The minimum Gasteiger partial charge on any atom is -0.497 e. The number of methoxy groups -OCH3 is 3. The van der Waals surface area contributed by atoms with Crippen LogP contribution < -0.4 is 33.7 Å². The molecule has 2 aromatic heterocycles. The molecule has 0 bridgehead atoms. The van der Waals surface area contributed by atoms with E-state index in [1.807, 2.05) is 20.8 Å². The molecule has 5 aromatic rings. The van der Waals surface area contributed by atoms with Crippen molar-refractivity contribution in [3.05, 3.63) is 96.3 Å². The van der Waals surface area contributed by atoms with E-state index in [4.69, 9.17) is 23.7 Å². The molecule has 0 unspecified atom stereocenters. The first-order valence-electron chi connectivity index (χ1n) is 16.2. The summed E-state index contributed by atoms with van der Waals surface area (Å²) in [6, 6.07) is 20.2. The summed E-state index contributed by atoms with van der Waals surface area (Å²) in [7, 11) is 0.329. The van der Waals surface area contributed by atoms with E-state index >= 15 is 0 Å². The maximum atomic E-state index is 13.8. The molecule has 5 rings (SSSR count). The molecule has 0 aliphatic carbocycles. The number of ether oxygens (including phenoxy) is 5. The van der Waals surface area contributed by atoms with Crippen LogP contribution in [0.2, 0.25) is 0 Å². The van der Waals surface area contributed by atoms with Crippen LogP contribution in [0.5, 0.6) is 34.6 Å². The van der Waals surface area contributed by atoms with E-state index in [1.165, 1.54) is 38.7 Å². The fraction of sp³-hybridized carbons (Fsp3) is 0.270. The van der Waals surface area contributed by atoms with Crippen LogP contribution in [0, 0.1) is 0 Å². The van der Waals surface area contributed by atoms with Crippen molar-refractivity contribution >= 4 is 21.7 Å². The summed E-state index contributed by atoms with van der Waals surface area (Å²) in [6.07, 6.45) is 2.90. The summed E-state index contributed by atoms with van der Waals surface area (Å²) in [4.78, 5) is 30.4. The SMILES string of the molecule is COc1ccc(CNC(=O)CCOc2nc(-c3ncccn3)nc(NS(=O)(=O)c3ccc(C(C)(C)C)cc3)c2Oc2ccccc2OC)c(OC)c1. The summed E-state index contributed by atoms with van der Waals surface area (Å²) >= 11 is 0. The highest BCUT2D eigenvalue weighted by Crippen LogP contribution is 2.41. The van der Waals surface area contributed by atoms with Gasteiger partial charge in [-0.05, 0) is 53.4 Å². The van der Waals surface area contributed by atoms with Crippen molar-refractivity contribution in [1.29, 1.82) is 0 Å². The van der Waals surface area contributed by atoms with Crippen molar-refractivity contribution in [1.82, 2.24) is 25.3 Å². The third kappa shape index (κ3) is 9.23. The second-order valence-corrected chi connectivity index (χ2v) is 14.0. The first-order valence-corrected chi connectivity index (χ1v) is 17.6. The number of benzene rings is 3. The number of nitrogens with zero attached hydrogens (tertiary/aromatic N) is 4. The minimum absolute atomic E-state index is 0.00695. The fourth-order valence-electron chi connectivity index (χ4n) is 4.86.